The number of hydrogen-bond acceptors (Lipinski definition) is 1. The van der Waals surface area contributed by atoms with Crippen molar-refractivity contribution in [2.45, 2.75) is 0 Å². The smallest absolute Gasteiger partial charge is 0.0541 e. The topological polar surface area (TPSA) is 8.17 Å². The zero-order chi connectivity index (χ0) is 39.8. The average molecular weight is 765 g/mol. The van der Waals surface area contributed by atoms with Crippen LogP contribution in [0.3, 0.4) is 0 Å². The van der Waals surface area contributed by atoms with Crippen molar-refractivity contribution in [3.8, 4) is 50.2 Å². The fourth-order valence-corrected chi connectivity index (χ4v) is 9.09. The van der Waals surface area contributed by atoms with E-state index in [4.69, 9.17) is 0 Å². The van der Waals surface area contributed by atoms with Crippen molar-refractivity contribution in [3.63, 3.8) is 0 Å². The number of hydrogen-bond donors (Lipinski definition) is 0. The second-order valence-corrected chi connectivity index (χ2v) is 15.3. The molecule has 0 unspecified atom stereocenters. The van der Waals surface area contributed by atoms with E-state index in [2.05, 4.69) is 252 Å². The second-order valence-electron chi connectivity index (χ2n) is 15.3. The monoisotopic (exact) mass is 764 g/mol. The SMILES string of the molecule is c1ccc(-c2cccc(N(c3ccc(-c4cccc5cccc(-c6ccccc6)c45)cc3)c3ccccc3-c3ccccc3-n3c4ccccc4c4ccccc43)c2)cc1. The van der Waals surface area contributed by atoms with E-state index < -0.39 is 0 Å². The Hall–Kier alpha value is -7.94. The molecule has 11 rings (SSSR count). The van der Waals surface area contributed by atoms with Crippen LogP contribution in [0.2, 0.25) is 0 Å². The van der Waals surface area contributed by atoms with E-state index in [0.29, 0.717) is 0 Å². The second kappa shape index (κ2) is 15.1. The molecular formula is C58H40N2. The lowest BCUT2D eigenvalue weighted by Gasteiger charge is -2.29. The Morgan fingerprint density at radius 1 is 0.300 bits per heavy atom. The van der Waals surface area contributed by atoms with Gasteiger partial charge in [-0.25, -0.2) is 0 Å². The summed E-state index contributed by atoms with van der Waals surface area (Å²) in [6.07, 6.45) is 0. The third-order valence-corrected chi connectivity index (χ3v) is 11.8. The number of fused-ring (bicyclic) bond motifs is 4. The molecule has 0 amide bonds. The quantitative estimate of drug-likeness (QED) is 0.150. The van der Waals surface area contributed by atoms with Crippen molar-refractivity contribution < 1.29 is 0 Å². The van der Waals surface area contributed by atoms with Gasteiger partial charge >= 0.3 is 0 Å². The van der Waals surface area contributed by atoms with Crippen molar-refractivity contribution in [2.75, 3.05) is 4.90 Å². The van der Waals surface area contributed by atoms with E-state index in [1.807, 2.05) is 0 Å². The molecule has 0 spiro atoms. The van der Waals surface area contributed by atoms with Gasteiger partial charge in [-0.2, -0.15) is 0 Å². The van der Waals surface area contributed by atoms with Gasteiger partial charge in [0.25, 0.3) is 0 Å². The van der Waals surface area contributed by atoms with Crippen molar-refractivity contribution in [1.29, 1.82) is 0 Å². The molecule has 0 aliphatic rings. The van der Waals surface area contributed by atoms with Gasteiger partial charge in [-0.3, -0.25) is 0 Å². The summed E-state index contributed by atoms with van der Waals surface area (Å²) in [7, 11) is 0. The maximum Gasteiger partial charge on any atom is 0.0541 e. The van der Waals surface area contributed by atoms with Gasteiger partial charge in [0.05, 0.1) is 22.4 Å². The minimum absolute atomic E-state index is 1.08. The lowest BCUT2D eigenvalue weighted by molar-refractivity contribution is 1.18. The van der Waals surface area contributed by atoms with Crippen molar-refractivity contribution in [1.82, 2.24) is 4.57 Å². The Kier molecular flexibility index (Phi) is 8.87. The molecule has 0 atom stereocenters. The Labute approximate surface area is 350 Å². The lowest BCUT2D eigenvalue weighted by atomic mass is 9.91. The summed E-state index contributed by atoms with van der Waals surface area (Å²) in [4.78, 5) is 2.42. The first-order chi connectivity index (χ1) is 29.8. The fraction of sp³-hybridized carbons (Fsp3) is 0. The third-order valence-electron chi connectivity index (χ3n) is 11.8. The van der Waals surface area contributed by atoms with E-state index in [1.54, 1.807) is 0 Å². The number of nitrogens with zero attached hydrogens (tertiary/aromatic N) is 2. The Bertz CT molecular complexity index is 3250. The first kappa shape index (κ1) is 35.2. The number of para-hydroxylation sites is 4. The molecule has 0 bridgehead atoms. The summed E-state index contributed by atoms with van der Waals surface area (Å²) < 4.78 is 2.43. The van der Waals surface area contributed by atoms with Crippen LogP contribution in [0.15, 0.2) is 243 Å². The number of aromatic nitrogens is 1. The zero-order valence-corrected chi connectivity index (χ0v) is 33.0. The summed E-state index contributed by atoms with van der Waals surface area (Å²) in [5.41, 5.74) is 16.3. The van der Waals surface area contributed by atoms with Crippen LogP contribution < -0.4 is 4.90 Å². The van der Waals surface area contributed by atoms with Crippen molar-refractivity contribution >= 4 is 49.6 Å². The third kappa shape index (κ3) is 6.14. The highest BCUT2D eigenvalue weighted by molar-refractivity contribution is 6.10. The van der Waals surface area contributed by atoms with Gasteiger partial charge in [0.2, 0.25) is 0 Å². The first-order valence-electron chi connectivity index (χ1n) is 20.6. The van der Waals surface area contributed by atoms with Crippen LogP contribution >= 0.6 is 0 Å². The fourth-order valence-electron chi connectivity index (χ4n) is 9.09. The van der Waals surface area contributed by atoms with Gasteiger partial charge in [0.1, 0.15) is 0 Å². The Balaban J connectivity index is 1.10. The number of rotatable bonds is 8. The van der Waals surface area contributed by atoms with Gasteiger partial charge < -0.3 is 9.47 Å². The van der Waals surface area contributed by atoms with Crippen LogP contribution in [0.5, 0.6) is 0 Å². The molecule has 0 N–H and O–H groups in total. The molecule has 0 fully saturated rings. The van der Waals surface area contributed by atoms with Crippen LogP contribution in [-0.4, -0.2) is 4.57 Å². The maximum absolute atomic E-state index is 2.43. The maximum atomic E-state index is 2.43. The molecule has 2 heteroatoms. The molecule has 0 aliphatic heterocycles. The van der Waals surface area contributed by atoms with Gasteiger partial charge in [-0.05, 0) is 92.7 Å². The Morgan fingerprint density at radius 3 is 1.48 bits per heavy atom. The van der Waals surface area contributed by atoms with Gasteiger partial charge in [-0.1, -0.05) is 194 Å². The summed E-state index contributed by atoms with van der Waals surface area (Å²) in [5.74, 6) is 0. The molecule has 2 nitrogen and oxygen atoms in total. The Morgan fingerprint density at radius 2 is 0.800 bits per heavy atom. The van der Waals surface area contributed by atoms with E-state index in [0.717, 1.165) is 33.9 Å². The van der Waals surface area contributed by atoms with Gasteiger partial charge in [0, 0.05) is 33.3 Å². The largest absolute Gasteiger partial charge is 0.310 e. The van der Waals surface area contributed by atoms with E-state index in [9.17, 15) is 0 Å². The highest BCUT2D eigenvalue weighted by Gasteiger charge is 2.22. The van der Waals surface area contributed by atoms with E-state index in [1.165, 1.54) is 66.0 Å². The van der Waals surface area contributed by atoms with Gasteiger partial charge in [-0.15, -0.1) is 0 Å². The molecule has 11 aromatic rings. The first-order valence-corrected chi connectivity index (χ1v) is 20.6. The molecule has 0 radical (unpaired) electrons. The van der Waals surface area contributed by atoms with Crippen molar-refractivity contribution in [3.05, 3.63) is 243 Å². The molecule has 10 aromatic carbocycles. The molecule has 1 heterocycles. The molecule has 282 valence electrons. The summed E-state index contributed by atoms with van der Waals surface area (Å²) in [6.45, 7) is 0. The summed E-state index contributed by atoms with van der Waals surface area (Å²) in [5, 5.41) is 4.99. The molecule has 0 saturated carbocycles. The highest BCUT2D eigenvalue weighted by atomic mass is 15.1. The molecule has 0 aliphatic carbocycles. The summed E-state index contributed by atoms with van der Waals surface area (Å²) in [6, 6.07) is 87.9. The lowest BCUT2D eigenvalue weighted by Crippen LogP contribution is -2.11. The van der Waals surface area contributed by atoms with Crippen molar-refractivity contribution in [2.24, 2.45) is 0 Å². The predicted molar refractivity (Wildman–Crippen MR) is 255 cm³/mol. The van der Waals surface area contributed by atoms with Crippen LogP contribution in [-0.2, 0) is 0 Å². The van der Waals surface area contributed by atoms with Crippen LogP contribution in [0.25, 0.3) is 82.8 Å². The zero-order valence-electron chi connectivity index (χ0n) is 33.0. The molecule has 60 heavy (non-hydrogen) atoms. The molecular weight excluding hydrogens is 725 g/mol. The predicted octanol–water partition coefficient (Wildman–Crippen LogP) is 16.1. The molecule has 1 aromatic heterocycles. The minimum Gasteiger partial charge on any atom is -0.310 e. The standard InChI is InChI=1S/C58H40N2/c1-3-18-41(19-4-1)45-24-15-25-47(40-45)59(46-38-36-43(37-39-46)49-31-17-23-44-22-16-30-48(58(44)49)42-20-5-2-6-21-42)54-32-11-7-26-50(54)51-27-8-12-33-55(51)60-56-34-13-9-28-52(56)53-29-10-14-35-57(53)60/h1-40H. The van der Waals surface area contributed by atoms with Crippen LogP contribution in [0.4, 0.5) is 17.1 Å². The van der Waals surface area contributed by atoms with E-state index in [-0.39, 0.29) is 0 Å². The number of benzene rings is 10. The minimum atomic E-state index is 1.08. The normalized spacial score (nSPS) is 11.3. The average Bonchev–Trinajstić information content (AvgIpc) is 3.66. The summed E-state index contributed by atoms with van der Waals surface area (Å²) >= 11 is 0. The number of anilines is 3. The van der Waals surface area contributed by atoms with Crippen LogP contribution in [0.1, 0.15) is 0 Å². The van der Waals surface area contributed by atoms with Crippen LogP contribution in [0, 0.1) is 0 Å². The molecule has 0 saturated heterocycles. The van der Waals surface area contributed by atoms with Gasteiger partial charge in [0.15, 0.2) is 0 Å². The van der Waals surface area contributed by atoms with E-state index >= 15 is 0 Å². The highest BCUT2D eigenvalue weighted by Crippen LogP contribution is 2.45.